The zero-order valence-corrected chi connectivity index (χ0v) is 21.6. The first kappa shape index (κ1) is 23.8. The largest absolute Gasteiger partial charge is 0.508 e. The Balaban J connectivity index is 1.66. The van der Waals surface area contributed by atoms with Crippen LogP contribution in [0.2, 0.25) is 0 Å². The number of fused-ring (bicyclic) bond motifs is 5. The van der Waals surface area contributed by atoms with Crippen molar-refractivity contribution in [1.82, 2.24) is 0 Å². The highest BCUT2D eigenvalue weighted by Crippen LogP contribution is 2.68. The van der Waals surface area contributed by atoms with Crippen molar-refractivity contribution in [1.29, 1.82) is 0 Å². The van der Waals surface area contributed by atoms with Gasteiger partial charge in [-0.05, 0) is 104 Å². The van der Waals surface area contributed by atoms with E-state index in [9.17, 15) is 9.90 Å². The van der Waals surface area contributed by atoms with Crippen LogP contribution in [0.1, 0.15) is 75.0 Å². The fourth-order valence-corrected chi connectivity index (χ4v) is 7.87. The minimum absolute atomic E-state index is 0.220. The highest BCUT2D eigenvalue weighted by atomic mass is 16.6. The normalized spacial score (nSPS) is 32.9. The maximum atomic E-state index is 12.3. The molecule has 3 aliphatic carbocycles. The minimum atomic E-state index is -0.736. The van der Waals surface area contributed by atoms with Crippen molar-refractivity contribution in [3.8, 4) is 17.6 Å². The van der Waals surface area contributed by atoms with E-state index in [1.54, 1.807) is 0 Å². The number of aromatic hydroxyl groups is 1. The zero-order chi connectivity index (χ0) is 25.0. The van der Waals surface area contributed by atoms with Crippen molar-refractivity contribution in [2.45, 2.75) is 70.3 Å². The maximum Gasteiger partial charge on any atom is 0.304 e. The lowest BCUT2D eigenvalue weighted by Crippen LogP contribution is -2.54. The maximum absolute atomic E-state index is 12.3. The Hall–Kier alpha value is -2.93. The lowest BCUT2D eigenvalue weighted by Gasteiger charge is -2.56. The average molecular weight is 472 g/mol. The Morgan fingerprint density at radius 3 is 2.54 bits per heavy atom. The average Bonchev–Trinajstić information content (AvgIpc) is 3.09. The smallest absolute Gasteiger partial charge is 0.304 e. The van der Waals surface area contributed by atoms with Gasteiger partial charge in [0.05, 0.1) is 0 Å². The molecule has 0 bridgehead atoms. The molecule has 0 amide bonds. The summed E-state index contributed by atoms with van der Waals surface area (Å²) in [7, 11) is 4.13. The van der Waals surface area contributed by atoms with Crippen LogP contribution in [-0.4, -0.2) is 30.8 Å². The number of carbonyl (C=O) groups is 1. The van der Waals surface area contributed by atoms with Crippen molar-refractivity contribution in [2.24, 2.45) is 17.3 Å². The van der Waals surface area contributed by atoms with Crippen LogP contribution < -0.4 is 4.90 Å². The molecule has 3 aliphatic rings. The number of rotatable bonds is 3. The molecule has 1 N–H and O–H groups in total. The molecule has 184 valence electrons. The Morgan fingerprint density at radius 1 is 1.14 bits per heavy atom. The number of carbonyl (C=O) groups excluding carboxylic acids is 1. The van der Waals surface area contributed by atoms with E-state index in [4.69, 9.17) is 4.74 Å². The molecule has 0 heterocycles. The Labute approximate surface area is 209 Å². The molecule has 5 rings (SSSR count). The van der Waals surface area contributed by atoms with Crippen molar-refractivity contribution in [2.75, 3.05) is 19.0 Å². The van der Waals surface area contributed by atoms with Crippen LogP contribution in [0, 0.1) is 29.1 Å². The lowest BCUT2D eigenvalue weighted by molar-refractivity contribution is -0.166. The Morgan fingerprint density at radius 2 is 1.89 bits per heavy atom. The van der Waals surface area contributed by atoms with Gasteiger partial charge in [-0.25, -0.2) is 0 Å². The fraction of sp³-hybridized carbons (Fsp3) is 0.516. The molecule has 4 heteroatoms. The third-order valence-electron chi connectivity index (χ3n) is 9.32. The summed E-state index contributed by atoms with van der Waals surface area (Å²) in [4.78, 5) is 14.4. The van der Waals surface area contributed by atoms with Gasteiger partial charge in [0.2, 0.25) is 0 Å². The van der Waals surface area contributed by atoms with Crippen LogP contribution in [0.4, 0.5) is 5.69 Å². The second-order valence-corrected chi connectivity index (χ2v) is 11.3. The summed E-state index contributed by atoms with van der Waals surface area (Å²) >= 11 is 0. The zero-order valence-electron chi connectivity index (χ0n) is 21.6. The standard InChI is InChI=1S/C31H37NO3/c1-6-16-31(35-20(2)33)17-15-28-26-13-9-22-18-24(34)12-14-25(22)29(26)27(19-30(28,31)3)21-7-10-23(11-8-21)32(4)5/h7-8,10-12,14,18,26-29,34H,9,13,15,17,19H2,1-5H3/t26-,27+,28-,29+,30-,31-/m0/s1. The van der Waals surface area contributed by atoms with E-state index in [0.29, 0.717) is 23.5 Å². The summed E-state index contributed by atoms with van der Waals surface area (Å²) in [6.07, 6.45) is 4.81. The number of hydrogen-bond donors (Lipinski definition) is 1. The van der Waals surface area contributed by atoms with E-state index in [0.717, 1.165) is 32.1 Å². The van der Waals surface area contributed by atoms with E-state index >= 15 is 0 Å². The summed E-state index contributed by atoms with van der Waals surface area (Å²) in [5, 5.41) is 10.2. The Kier molecular flexibility index (Phi) is 5.86. The number of nitrogens with zero attached hydrogens (tertiary/aromatic N) is 1. The molecule has 2 fully saturated rings. The van der Waals surface area contributed by atoms with E-state index in [-0.39, 0.29) is 17.3 Å². The number of hydrogen-bond acceptors (Lipinski definition) is 4. The van der Waals surface area contributed by atoms with Gasteiger partial charge < -0.3 is 14.7 Å². The third kappa shape index (κ3) is 3.71. The second-order valence-electron chi connectivity index (χ2n) is 11.3. The number of aryl methyl sites for hydroxylation is 1. The van der Waals surface area contributed by atoms with Crippen LogP contribution in [-0.2, 0) is 16.0 Å². The van der Waals surface area contributed by atoms with Crippen LogP contribution in [0.25, 0.3) is 0 Å². The quantitative estimate of drug-likeness (QED) is 0.438. The molecule has 0 aromatic heterocycles. The summed E-state index contributed by atoms with van der Waals surface area (Å²) in [6.45, 7) is 5.71. The molecule has 6 atom stereocenters. The highest BCUT2D eigenvalue weighted by molar-refractivity contribution is 5.67. The SMILES string of the molecule is CC#C[C@]1(OC(C)=O)CC[C@H]2[C@@H]3CCc4cc(O)ccc4[C@H]3[C@@H](c3ccc(N(C)C)cc3)C[C@@]21C. The van der Waals surface area contributed by atoms with E-state index in [1.807, 2.05) is 19.1 Å². The van der Waals surface area contributed by atoms with Gasteiger partial charge in [-0.1, -0.05) is 31.0 Å². The molecular formula is C31H37NO3. The molecule has 0 spiro atoms. The van der Waals surface area contributed by atoms with Gasteiger partial charge in [-0.15, -0.1) is 5.92 Å². The summed E-state index contributed by atoms with van der Waals surface area (Å²) < 4.78 is 6.16. The molecule has 0 unspecified atom stereocenters. The molecular weight excluding hydrogens is 434 g/mol. The number of benzene rings is 2. The van der Waals surface area contributed by atoms with Crippen molar-refractivity contribution >= 4 is 11.7 Å². The number of anilines is 1. The number of phenolic OH excluding ortho intramolecular Hbond substituents is 1. The predicted molar refractivity (Wildman–Crippen MR) is 140 cm³/mol. The first-order valence-electron chi connectivity index (χ1n) is 12.9. The van der Waals surface area contributed by atoms with Gasteiger partial charge >= 0.3 is 5.97 Å². The summed E-state index contributed by atoms with van der Waals surface area (Å²) in [5.41, 5.74) is 4.23. The number of ether oxygens (including phenoxy) is 1. The van der Waals surface area contributed by atoms with Crippen LogP contribution in [0.15, 0.2) is 42.5 Å². The molecule has 0 radical (unpaired) electrons. The minimum Gasteiger partial charge on any atom is -0.508 e. The molecule has 0 aliphatic heterocycles. The van der Waals surface area contributed by atoms with Gasteiger partial charge in [0.15, 0.2) is 5.60 Å². The molecule has 0 saturated heterocycles. The Bertz CT molecular complexity index is 1190. The van der Waals surface area contributed by atoms with Gasteiger partial charge in [0.25, 0.3) is 0 Å². The van der Waals surface area contributed by atoms with E-state index in [1.165, 1.54) is 29.3 Å². The van der Waals surface area contributed by atoms with Gasteiger partial charge in [0.1, 0.15) is 5.75 Å². The molecule has 2 aromatic rings. The van der Waals surface area contributed by atoms with Crippen LogP contribution in [0.3, 0.4) is 0 Å². The first-order valence-corrected chi connectivity index (χ1v) is 12.9. The van der Waals surface area contributed by atoms with Crippen molar-refractivity contribution < 1.29 is 14.6 Å². The van der Waals surface area contributed by atoms with Crippen LogP contribution in [0.5, 0.6) is 5.75 Å². The summed E-state index contributed by atoms with van der Waals surface area (Å²) in [5.74, 6) is 8.23. The van der Waals surface area contributed by atoms with E-state index in [2.05, 4.69) is 68.1 Å². The van der Waals surface area contributed by atoms with Gasteiger partial charge in [-0.2, -0.15) is 0 Å². The monoisotopic (exact) mass is 471 g/mol. The fourth-order valence-electron chi connectivity index (χ4n) is 7.87. The molecule has 2 aromatic carbocycles. The lowest BCUT2D eigenvalue weighted by atomic mass is 9.49. The third-order valence-corrected chi connectivity index (χ3v) is 9.32. The van der Waals surface area contributed by atoms with Crippen molar-refractivity contribution in [3.05, 3.63) is 59.2 Å². The molecule has 2 saturated carbocycles. The highest BCUT2D eigenvalue weighted by Gasteiger charge is 2.65. The predicted octanol–water partition coefficient (Wildman–Crippen LogP) is 6.03. The van der Waals surface area contributed by atoms with Gasteiger partial charge in [-0.3, -0.25) is 4.79 Å². The van der Waals surface area contributed by atoms with E-state index < -0.39 is 5.60 Å². The first-order chi connectivity index (χ1) is 16.7. The number of phenols is 1. The number of esters is 1. The second kappa shape index (κ2) is 8.63. The van der Waals surface area contributed by atoms with Crippen molar-refractivity contribution in [3.63, 3.8) is 0 Å². The summed E-state index contributed by atoms with van der Waals surface area (Å²) in [6, 6.07) is 14.9. The molecule has 35 heavy (non-hydrogen) atoms. The van der Waals surface area contributed by atoms with Crippen LogP contribution >= 0.6 is 0 Å². The molecule has 4 nitrogen and oxygen atoms in total. The topological polar surface area (TPSA) is 49.8 Å². The van der Waals surface area contributed by atoms with Gasteiger partial charge in [0, 0.05) is 32.1 Å².